The largest absolute Gasteiger partial charge is 0.396 e. The first-order valence-electron chi connectivity index (χ1n) is 5.87. The number of aliphatic hydroxyl groups is 1. The van der Waals surface area contributed by atoms with Crippen LogP contribution in [0.2, 0.25) is 0 Å². The van der Waals surface area contributed by atoms with Crippen LogP contribution in [0.15, 0.2) is 18.3 Å². The van der Waals surface area contributed by atoms with Crippen molar-refractivity contribution < 1.29 is 5.11 Å². The molecule has 0 aromatic carbocycles. The molecular weight excluding hydrogens is 216 g/mol. The minimum absolute atomic E-state index is 0.0379. The summed E-state index contributed by atoms with van der Waals surface area (Å²) in [5, 5.41) is 16.5. The Morgan fingerprint density at radius 2 is 2.41 bits per heavy atom. The molecule has 1 saturated heterocycles. The molecule has 0 saturated carbocycles. The maximum Gasteiger partial charge on any atom is 0.128 e. The van der Waals surface area contributed by atoms with Crippen LogP contribution in [0.4, 0.5) is 5.82 Å². The Labute approximate surface area is 101 Å². The lowest BCUT2D eigenvalue weighted by Crippen LogP contribution is -2.37. The summed E-state index contributed by atoms with van der Waals surface area (Å²) in [7, 11) is 0. The van der Waals surface area contributed by atoms with E-state index in [9.17, 15) is 5.11 Å². The lowest BCUT2D eigenvalue weighted by atomic mass is 9.99. The number of nitrogens with one attached hydrogen (secondary N) is 1. The SMILES string of the molecule is N=C(N)c1ccc(N2CCCC(CO)C2)nc1. The second kappa shape index (κ2) is 5.14. The number of aliphatic hydroxyl groups excluding tert-OH is 1. The topological polar surface area (TPSA) is 86.2 Å². The van der Waals surface area contributed by atoms with Crippen molar-refractivity contribution in [2.24, 2.45) is 11.7 Å². The molecule has 4 N–H and O–H groups in total. The maximum absolute atomic E-state index is 9.18. The number of nitrogens with two attached hydrogens (primary N) is 1. The quantitative estimate of drug-likeness (QED) is 0.527. The summed E-state index contributed by atoms with van der Waals surface area (Å²) in [5.41, 5.74) is 6.03. The Bertz CT molecular complexity index is 390. The fraction of sp³-hybridized carbons (Fsp3) is 0.500. The van der Waals surface area contributed by atoms with Gasteiger partial charge in [-0.15, -0.1) is 0 Å². The monoisotopic (exact) mass is 234 g/mol. The van der Waals surface area contributed by atoms with Crippen LogP contribution in [0, 0.1) is 11.3 Å². The maximum atomic E-state index is 9.18. The molecule has 5 nitrogen and oxygen atoms in total. The lowest BCUT2D eigenvalue weighted by Gasteiger charge is -2.32. The van der Waals surface area contributed by atoms with Gasteiger partial charge >= 0.3 is 0 Å². The molecule has 1 aliphatic rings. The van der Waals surface area contributed by atoms with Crippen LogP contribution in [0.25, 0.3) is 0 Å². The van der Waals surface area contributed by atoms with E-state index in [4.69, 9.17) is 11.1 Å². The van der Waals surface area contributed by atoms with Gasteiger partial charge in [-0.2, -0.15) is 0 Å². The number of rotatable bonds is 3. The third kappa shape index (κ3) is 2.74. The number of amidine groups is 1. The minimum Gasteiger partial charge on any atom is -0.396 e. The molecule has 1 atom stereocenters. The predicted molar refractivity (Wildman–Crippen MR) is 67.3 cm³/mol. The van der Waals surface area contributed by atoms with Crippen LogP contribution >= 0.6 is 0 Å². The third-order valence-corrected chi connectivity index (χ3v) is 3.16. The Balaban J connectivity index is 2.08. The van der Waals surface area contributed by atoms with Gasteiger partial charge in [0.05, 0.1) is 0 Å². The van der Waals surface area contributed by atoms with E-state index >= 15 is 0 Å². The van der Waals surface area contributed by atoms with Crippen LogP contribution < -0.4 is 10.6 Å². The summed E-state index contributed by atoms with van der Waals surface area (Å²) < 4.78 is 0. The lowest BCUT2D eigenvalue weighted by molar-refractivity contribution is 0.208. The molecule has 0 bridgehead atoms. The van der Waals surface area contributed by atoms with Gasteiger partial charge in [0.25, 0.3) is 0 Å². The molecule has 17 heavy (non-hydrogen) atoms. The molecule has 92 valence electrons. The van der Waals surface area contributed by atoms with Gasteiger partial charge in [0.1, 0.15) is 11.7 Å². The van der Waals surface area contributed by atoms with Crippen molar-refractivity contribution in [3.05, 3.63) is 23.9 Å². The van der Waals surface area contributed by atoms with Gasteiger partial charge in [0, 0.05) is 31.5 Å². The Kier molecular flexibility index (Phi) is 3.58. The van der Waals surface area contributed by atoms with Crippen molar-refractivity contribution in [3.8, 4) is 0 Å². The average molecular weight is 234 g/mol. The van der Waals surface area contributed by atoms with E-state index in [-0.39, 0.29) is 12.4 Å². The molecule has 1 aliphatic heterocycles. The third-order valence-electron chi connectivity index (χ3n) is 3.16. The van der Waals surface area contributed by atoms with Crippen molar-refractivity contribution in [3.63, 3.8) is 0 Å². The second-order valence-electron chi connectivity index (χ2n) is 4.46. The van der Waals surface area contributed by atoms with E-state index in [0.717, 1.165) is 31.7 Å². The molecule has 2 rings (SSSR count). The number of piperidine rings is 1. The zero-order valence-electron chi connectivity index (χ0n) is 9.76. The van der Waals surface area contributed by atoms with Gasteiger partial charge in [-0.05, 0) is 30.9 Å². The highest BCUT2D eigenvalue weighted by molar-refractivity contribution is 5.94. The smallest absolute Gasteiger partial charge is 0.128 e. The van der Waals surface area contributed by atoms with Crippen molar-refractivity contribution in [2.45, 2.75) is 12.8 Å². The first kappa shape index (κ1) is 11.9. The van der Waals surface area contributed by atoms with Gasteiger partial charge in [-0.3, -0.25) is 5.41 Å². The summed E-state index contributed by atoms with van der Waals surface area (Å²) in [4.78, 5) is 6.49. The highest BCUT2D eigenvalue weighted by Gasteiger charge is 2.20. The summed E-state index contributed by atoms with van der Waals surface area (Å²) in [6.07, 6.45) is 3.79. The van der Waals surface area contributed by atoms with Crippen molar-refractivity contribution in [1.82, 2.24) is 4.98 Å². The highest BCUT2D eigenvalue weighted by atomic mass is 16.3. The van der Waals surface area contributed by atoms with Gasteiger partial charge < -0.3 is 15.7 Å². The fourth-order valence-electron chi connectivity index (χ4n) is 2.15. The highest BCUT2D eigenvalue weighted by Crippen LogP contribution is 2.21. The molecule has 2 heterocycles. The van der Waals surface area contributed by atoms with Gasteiger partial charge in [0.15, 0.2) is 0 Å². The molecule has 1 fully saturated rings. The summed E-state index contributed by atoms with van der Waals surface area (Å²) in [6.45, 7) is 2.06. The summed E-state index contributed by atoms with van der Waals surface area (Å²) >= 11 is 0. The first-order chi connectivity index (χ1) is 8.20. The molecule has 1 aromatic heterocycles. The Morgan fingerprint density at radius 1 is 1.59 bits per heavy atom. The Hall–Kier alpha value is -1.62. The molecule has 1 aromatic rings. The number of pyridine rings is 1. The molecule has 0 radical (unpaired) electrons. The van der Waals surface area contributed by atoms with E-state index in [0.29, 0.717) is 11.5 Å². The van der Waals surface area contributed by atoms with Gasteiger partial charge in [-0.25, -0.2) is 4.98 Å². The van der Waals surface area contributed by atoms with Crippen LogP contribution in [0.3, 0.4) is 0 Å². The van der Waals surface area contributed by atoms with E-state index in [2.05, 4.69) is 9.88 Å². The molecule has 0 spiro atoms. The zero-order chi connectivity index (χ0) is 12.3. The average Bonchev–Trinajstić information content (AvgIpc) is 2.39. The standard InChI is InChI=1S/C12H18N4O/c13-12(14)10-3-4-11(15-6-10)16-5-1-2-9(7-16)8-17/h3-4,6,9,17H,1-2,5,7-8H2,(H3,13,14). The second-order valence-corrected chi connectivity index (χ2v) is 4.46. The van der Waals surface area contributed by atoms with E-state index in [1.807, 2.05) is 12.1 Å². The van der Waals surface area contributed by atoms with Gasteiger partial charge in [-0.1, -0.05) is 0 Å². The minimum atomic E-state index is 0.0379. The Morgan fingerprint density at radius 3 is 3.00 bits per heavy atom. The predicted octanol–water partition coefficient (Wildman–Crippen LogP) is 0.574. The van der Waals surface area contributed by atoms with Crippen molar-refractivity contribution in [1.29, 1.82) is 5.41 Å². The molecular formula is C12H18N4O. The van der Waals surface area contributed by atoms with E-state index < -0.39 is 0 Å². The van der Waals surface area contributed by atoms with Crippen LogP contribution in [0.1, 0.15) is 18.4 Å². The van der Waals surface area contributed by atoms with Crippen molar-refractivity contribution >= 4 is 11.7 Å². The van der Waals surface area contributed by atoms with E-state index in [1.54, 1.807) is 6.20 Å². The van der Waals surface area contributed by atoms with Crippen LogP contribution in [-0.4, -0.2) is 35.6 Å². The number of nitrogens with zero attached hydrogens (tertiary/aromatic N) is 2. The van der Waals surface area contributed by atoms with E-state index in [1.165, 1.54) is 0 Å². The van der Waals surface area contributed by atoms with Crippen LogP contribution in [-0.2, 0) is 0 Å². The number of hydrogen-bond acceptors (Lipinski definition) is 4. The summed E-state index contributed by atoms with van der Waals surface area (Å²) in [6, 6.07) is 3.70. The number of aromatic nitrogens is 1. The fourth-order valence-corrected chi connectivity index (χ4v) is 2.15. The van der Waals surface area contributed by atoms with Crippen LogP contribution in [0.5, 0.6) is 0 Å². The molecule has 0 amide bonds. The molecule has 1 unspecified atom stereocenters. The number of anilines is 1. The van der Waals surface area contributed by atoms with Crippen molar-refractivity contribution in [2.75, 3.05) is 24.6 Å². The summed E-state index contributed by atoms with van der Waals surface area (Å²) in [5.74, 6) is 1.28. The first-order valence-corrected chi connectivity index (χ1v) is 5.87. The molecule has 0 aliphatic carbocycles. The van der Waals surface area contributed by atoms with Gasteiger partial charge in [0.2, 0.25) is 0 Å². The number of nitrogen functional groups attached to an aromatic ring is 1. The zero-order valence-corrected chi connectivity index (χ0v) is 9.76. The number of hydrogen-bond donors (Lipinski definition) is 3. The molecule has 5 heteroatoms. The normalized spacial score (nSPS) is 20.3.